The number of Topliss-reactive ketones (excluding diaryl/α,β-unsaturated/α-hetero) is 1. The van der Waals surface area contributed by atoms with Gasteiger partial charge in [0.25, 0.3) is 0 Å². The molecule has 55 valence electrons. The molecule has 1 saturated carbocycles. The van der Waals surface area contributed by atoms with Crippen molar-refractivity contribution in [1.82, 2.24) is 0 Å². The van der Waals surface area contributed by atoms with Crippen molar-refractivity contribution in [2.75, 3.05) is 0 Å². The molecule has 0 N–H and O–H groups in total. The topological polar surface area (TPSA) is 17.1 Å². The molecule has 2 rings (SSSR count). The molecule has 0 heterocycles. The molecule has 0 unspecified atom stereocenters. The van der Waals surface area contributed by atoms with Gasteiger partial charge in [-0.1, -0.05) is 18.2 Å². The van der Waals surface area contributed by atoms with E-state index >= 15 is 0 Å². The zero-order chi connectivity index (χ0) is 7.68. The van der Waals surface area contributed by atoms with E-state index in [1.165, 1.54) is 0 Å². The SMILES string of the molecule is O=C(c1c[c]ccc1)C1CC1. The van der Waals surface area contributed by atoms with Gasteiger partial charge in [0, 0.05) is 11.5 Å². The highest BCUT2D eigenvalue weighted by Gasteiger charge is 2.29. The fraction of sp³-hybridized carbons (Fsp3) is 0.300. The van der Waals surface area contributed by atoms with Gasteiger partial charge in [0.15, 0.2) is 5.78 Å². The maximum Gasteiger partial charge on any atom is 0.165 e. The van der Waals surface area contributed by atoms with E-state index in [-0.39, 0.29) is 0 Å². The molecule has 0 aliphatic heterocycles. The zero-order valence-electron chi connectivity index (χ0n) is 6.21. The molecule has 0 saturated heterocycles. The summed E-state index contributed by atoms with van der Waals surface area (Å²) in [6, 6.07) is 10.2. The first kappa shape index (κ1) is 6.59. The minimum absolute atomic E-state index is 0.293. The fourth-order valence-electron chi connectivity index (χ4n) is 1.13. The molecule has 0 atom stereocenters. The van der Waals surface area contributed by atoms with Crippen LogP contribution in [0.15, 0.2) is 24.3 Å². The first-order chi connectivity index (χ1) is 5.38. The van der Waals surface area contributed by atoms with Crippen molar-refractivity contribution in [2.24, 2.45) is 5.92 Å². The van der Waals surface area contributed by atoms with Gasteiger partial charge in [-0.05, 0) is 25.0 Å². The largest absolute Gasteiger partial charge is 0.294 e. The summed E-state index contributed by atoms with van der Waals surface area (Å²) < 4.78 is 0. The molecule has 1 radical (unpaired) electrons. The monoisotopic (exact) mass is 145 g/mol. The minimum atomic E-state index is 0.293. The Morgan fingerprint density at radius 3 is 2.91 bits per heavy atom. The van der Waals surface area contributed by atoms with Gasteiger partial charge >= 0.3 is 0 Å². The standard InChI is InChI=1S/C10H9O/c11-10(9-6-7-9)8-4-2-1-3-5-8/h1-2,4-5,9H,6-7H2. The molecule has 0 aromatic heterocycles. The molecule has 11 heavy (non-hydrogen) atoms. The van der Waals surface area contributed by atoms with Gasteiger partial charge in [0.1, 0.15) is 0 Å². The van der Waals surface area contributed by atoms with Crippen LogP contribution in [-0.2, 0) is 0 Å². The van der Waals surface area contributed by atoms with Gasteiger partial charge in [0.2, 0.25) is 0 Å². The molecule has 1 aliphatic carbocycles. The van der Waals surface area contributed by atoms with Crippen molar-refractivity contribution in [3.8, 4) is 0 Å². The van der Waals surface area contributed by atoms with Crippen molar-refractivity contribution >= 4 is 5.78 Å². The molecular weight excluding hydrogens is 136 g/mol. The van der Waals surface area contributed by atoms with Crippen LogP contribution in [0.25, 0.3) is 0 Å². The summed E-state index contributed by atoms with van der Waals surface area (Å²) in [7, 11) is 0. The van der Waals surface area contributed by atoms with E-state index in [0.717, 1.165) is 18.4 Å². The van der Waals surface area contributed by atoms with Crippen LogP contribution in [0.1, 0.15) is 23.2 Å². The predicted octanol–water partition coefficient (Wildman–Crippen LogP) is 2.08. The first-order valence-corrected chi connectivity index (χ1v) is 3.88. The molecule has 1 aromatic rings. The highest BCUT2D eigenvalue weighted by molar-refractivity contribution is 5.99. The van der Waals surface area contributed by atoms with E-state index < -0.39 is 0 Å². The molecule has 1 aliphatic rings. The molecule has 0 amide bonds. The quantitative estimate of drug-likeness (QED) is 0.582. The zero-order valence-corrected chi connectivity index (χ0v) is 6.21. The molecular formula is C10H9O. The minimum Gasteiger partial charge on any atom is -0.294 e. The molecule has 1 fully saturated rings. The lowest BCUT2D eigenvalue weighted by molar-refractivity contribution is 0.0967. The molecule has 0 bridgehead atoms. The predicted molar refractivity (Wildman–Crippen MR) is 42.3 cm³/mol. The lowest BCUT2D eigenvalue weighted by atomic mass is 10.1. The maximum absolute atomic E-state index is 11.4. The Hall–Kier alpha value is -1.11. The van der Waals surface area contributed by atoms with Crippen molar-refractivity contribution < 1.29 is 4.79 Å². The third kappa shape index (κ3) is 1.32. The fourth-order valence-corrected chi connectivity index (χ4v) is 1.13. The van der Waals surface area contributed by atoms with Crippen molar-refractivity contribution in [3.63, 3.8) is 0 Å². The Labute approximate surface area is 66.0 Å². The Morgan fingerprint density at radius 1 is 1.55 bits per heavy atom. The van der Waals surface area contributed by atoms with Crippen LogP contribution in [-0.4, -0.2) is 5.78 Å². The maximum atomic E-state index is 11.4. The summed E-state index contributed by atoms with van der Waals surface area (Å²) in [5.41, 5.74) is 0.815. The van der Waals surface area contributed by atoms with E-state index in [4.69, 9.17) is 0 Å². The summed E-state index contributed by atoms with van der Waals surface area (Å²) in [5, 5.41) is 0. The van der Waals surface area contributed by atoms with E-state index in [1.807, 2.05) is 18.2 Å². The molecule has 1 nitrogen and oxygen atoms in total. The number of carbonyl (C=O) groups excluding carboxylic acids is 1. The van der Waals surface area contributed by atoms with Gasteiger partial charge in [-0.3, -0.25) is 4.79 Å². The van der Waals surface area contributed by atoms with Gasteiger partial charge in [0.05, 0.1) is 0 Å². The van der Waals surface area contributed by atoms with Gasteiger partial charge in [-0.15, -0.1) is 0 Å². The summed E-state index contributed by atoms with van der Waals surface area (Å²) in [6.45, 7) is 0. The van der Waals surface area contributed by atoms with Crippen LogP contribution >= 0.6 is 0 Å². The van der Waals surface area contributed by atoms with Gasteiger partial charge in [-0.2, -0.15) is 0 Å². The lowest BCUT2D eigenvalue weighted by Gasteiger charge is -1.95. The van der Waals surface area contributed by atoms with Crippen molar-refractivity contribution in [1.29, 1.82) is 0 Å². The Kier molecular flexibility index (Phi) is 1.50. The number of hydrogen-bond acceptors (Lipinski definition) is 1. The second-order valence-electron chi connectivity index (χ2n) is 2.93. The summed E-state index contributed by atoms with van der Waals surface area (Å²) in [6.07, 6.45) is 2.15. The number of rotatable bonds is 2. The van der Waals surface area contributed by atoms with Gasteiger partial charge < -0.3 is 0 Å². The first-order valence-electron chi connectivity index (χ1n) is 3.88. The summed E-state index contributed by atoms with van der Waals surface area (Å²) in [4.78, 5) is 11.4. The van der Waals surface area contributed by atoms with Gasteiger partial charge in [-0.25, -0.2) is 0 Å². The van der Waals surface area contributed by atoms with Crippen LogP contribution in [0.3, 0.4) is 0 Å². The third-order valence-electron chi connectivity index (χ3n) is 1.94. The average molecular weight is 145 g/mol. The smallest absolute Gasteiger partial charge is 0.165 e. The summed E-state index contributed by atoms with van der Waals surface area (Å²) >= 11 is 0. The second-order valence-corrected chi connectivity index (χ2v) is 2.93. The third-order valence-corrected chi connectivity index (χ3v) is 1.94. The van der Waals surface area contributed by atoms with Crippen molar-refractivity contribution in [2.45, 2.75) is 12.8 Å². The Morgan fingerprint density at radius 2 is 2.36 bits per heavy atom. The molecule has 1 heteroatoms. The number of benzene rings is 1. The van der Waals surface area contributed by atoms with E-state index in [2.05, 4.69) is 6.07 Å². The normalized spacial score (nSPS) is 16.4. The average Bonchev–Trinajstić information content (AvgIpc) is 2.87. The van der Waals surface area contributed by atoms with E-state index in [0.29, 0.717) is 11.7 Å². The van der Waals surface area contributed by atoms with Crippen LogP contribution < -0.4 is 0 Å². The van der Waals surface area contributed by atoms with Crippen LogP contribution in [0.4, 0.5) is 0 Å². The van der Waals surface area contributed by atoms with E-state index in [1.54, 1.807) is 6.07 Å². The number of carbonyl (C=O) groups is 1. The molecule has 0 spiro atoms. The Balaban J connectivity index is 2.22. The highest BCUT2D eigenvalue weighted by atomic mass is 16.1. The van der Waals surface area contributed by atoms with Crippen LogP contribution in [0.5, 0.6) is 0 Å². The lowest BCUT2D eigenvalue weighted by Crippen LogP contribution is -1.99. The number of ketones is 1. The van der Waals surface area contributed by atoms with Crippen molar-refractivity contribution in [3.05, 3.63) is 35.9 Å². The van der Waals surface area contributed by atoms with Crippen LogP contribution in [0.2, 0.25) is 0 Å². The number of hydrogen-bond donors (Lipinski definition) is 0. The van der Waals surface area contributed by atoms with E-state index in [9.17, 15) is 4.79 Å². The van der Waals surface area contributed by atoms with Crippen LogP contribution in [0, 0.1) is 12.0 Å². The summed E-state index contributed by atoms with van der Waals surface area (Å²) in [5.74, 6) is 0.618. The highest BCUT2D eigenvalue weighted by Crippen LogP contribution is 2.32. The molecule has 1 aromatic carbocycles. The second kappa shape index (κ2) is 2.50. The Bertz CT molecular complexity index is 259.